The number of rotatable bonds is 6. The monoisotopic (exact) mass is 269 g/mol. The minimum atomic E-state index is -0.928. The number of nitrogens with two attached hydrogens (primary N) is 1. The Morgan fingerprint density at radius 1 is 1.16 bits per heavy atom. The fourth-order valence-corrected chi connectivity index (χ4v) is 1.67. The number of amides is 1. The number of carbonyl (C=O) groups excluding carboxylic acids is 1. The number of ether oxygens (including phenoxy) is 3. The van der Waals surface area contributed by atoms with E-state index in [-0.39, 0.29) is 0 Å². The SMILES string of the molecule is CNNC(=O)C(N)c1c(OC)cc(OC)cc1OC. The van der Waals surface area contributed by atoms with E-state index in [2.05, 4.69) is 10.9 Å². The number of nitrogens with one attached hydrogen (secondary N) is 2. The van der Waals surface area contributed by atoms with Crippen molar-refractivity contribution in [1.82, 2.24) is 10.9 Å². The lowest BCUT2D eigenvalue weighted by Gasteiger charge is -2.19. The Bertz CT molecular complexity index is 426. The van der Waals surface area contributed by atoms with Gasteiger partial charge in [0.15, 0.2) is 0 Å². The summed E-state index contributed by atoms with van der Waals surface area (Å²) in [5.74, 6) is 1.01. The molecule has 1 amide bonds. The lowest BCUT2D eigenvalue weighted by atomic mass is 10.0. The zero-order valence-corrected chi connectivity index (χ0v) is 11.4. The smallest absolute Gasteiger partial charge is 0.255 e. The highest BCUT2D eigenvalue weighted by molar-refractivity contribution is 5.84. The highest BCUT2D eigenvalue weighted by atomic mass is 16.5. The van der Waals surface area contributed by atoms with Gasteiger partial charge in [-0.3, -0.25) is 10.2 Å². The number of benzene rings is 1. The summed E-state index contributed by atoms with van der Waals surface area (Å²) in [7, 11) is 6.08. The van der Waals surface area contributed by atoms with Gasteiger partial charge in [-0.1, -0.05) is 0 Å². The molecule has 0 fully saturated rings. The summed E-state index contributed by atoms with van der Waals surface area (Å²) < 4.78 is 15.6. The van der Waals surface area contributed by atoms with Gasteiger partial charge in [0.25, 0.3) is 5.91 Å². The Labute approximate surface area is 112 Å². The molecule has 1 aromatic rings. The largest absolute Gasteiger partial charge is 0.496 e. The first-order valence-electron chi connectivity index (χ1n) is 5.61. The Hall–Kier alpha value is -1.99. The number of methoxy groups -OCH3 is 3. The molecule has 19 heavy (non-hydrogen) atoms. The third-order valence-electron chi connectivity index (χ3n) is 2.59. The summed E-state index contributed by atoms with van der Waals surface area (Å²) in [4.78, 5) is 11.8. The Morgan fingerprint density at radius 3 is 2.05 bits per heavy atom. The van der Waals surface area contributed by atoms with Gasteiger partial charge in [-0.05, 0) is 0 Å². The molecule has 4 N–H and O–H groups in total. The van der Waals surface area contributed by atoms with E-state index >= 15 is 0 Å². The molecule has 7 nitrogen and oxygen atoms in total. The number of hydrogen-bond acceptors (Lipinski definition) is 6. The van der Waals surface area contributed by atoms with Crippen molar-refractivity contribution in [3.63, 3.8) is 0 Å². The fraction of sp³-hybridized carbons (Fsp3) is 0.417. The molecule has 0 aromatic heterocycles. The molecule has 0 aliphatic rings. The highest BCUT2D eigenvalue weighted by Crippen LogP contribution is 2.37. The summed E-state index contributed by atoms with van der Waals surface area (Å²) in [6.07, 6.45) is 0. The Kier molecular flexibility index (Phi) is 5.40. The van der Waals surface area contributed by atoms with Gasteiger partial charge < -0.3 is 19.9 Å². The quantitative estimate of drug-likeness (QED) is 0.627. The first-order chi connectivity index (χ1) is 9.08. The van der Waals surface area contributed by atoms with Gasteiger partial charge in [-0.2, -0.15) is 0 Å². The summed E-state index contributed by atoms with van der Waals surface area (Å²) in [5.41, 5.74) is 11.3. The van der Waals surface area contributed by atoms with Crippen LogP contribution in [0.1, 0.15) is 11.6 Å². The van der Waals surface area contributed by atoms with Crippen LogP contribution in [0.3, 0.4) is 0 Å². The molecule has 0 heterocycles. The second-order valence-corrected chi connectivity index (χ2v) is 3.66. The maximum Gasteiger partial charge on any atom is 0.255 e. The van der Waals surface area contributed by atoms with Crippen LogP contribution in [0.15, 0.2) is 12.1 Å². The topological polar surface area (TPSA) is 94.8 Å². The van der Waals surface area contributed by atoms with E-state index < -0.39 is 11.9 Å². The molecular formula is C12H19N3O4. The Morgan fingerprint density at radius 2 is 1.68 bits per heavy atom. The zero-order chi connectivity index (χ0) is 14.4. The van der Waals surface area contributed by atoms with Crippen LogP contribution in [0.25, 0.3) is 0 Å². The minimum Gasteiger partial charge on any atom is -0.496 e. The van der Waals surface area contributed by atoms with Crippen LogP contribution < -0.4 is 30.8 Å². The first-order valence-corrected chi connectivity index (χ1v) is 5.61. The molecule has 0 bridgehead atoms. The molecule has 106 valence electrons. The van der Waals surface area contributed by atoms with Crippen LogP contribution in [-0.2, 0) is 4.79 Å². The van der Waals surface area contributed by atoms with Crippen molar-refractivity contribution in [1.29, 1.82) is 0 Å². The molecular weight excluding hydrogens is 250 g/mol. The van der Waals surface area contributed by atoms with Crippen LogP contribution in [0.2, 0.25) is 0 Å². The third-order valence-corrected chi connectivity index (χ3v) is 2.59. The van der Waals surface area contributed by atoms with Crippen molar-refractivity contribution >= 4 is 5.91 Å². The Balaban J connectivity index is 3.27. The van der Waals surface area contributed by atoms with E-state index in [1.165, 1.54) is 21.3 Å². The van der Waals surface area contributed by atoms with Crippen molar-refractivity contribution in [2.24, 2.45) is 5.73 Å². The summed E-state index contributed by atoms with van der Waals surface area (Å²) in [5, 5.41) is 0. The average Bonchev–Trinajstić information content (AvgIpc) is 2.44. The van der Waals surface area contributed by atoms with Gasteiger partial charge in [0.05, 0.1) is 26.9 Å². The second kappa shape index (κ2) is 6.81. The van der Waals surface area contributed by atoms with Crippen molar-refractivity contribution in [2.75, 3.05) is 28.4 Å². The lowest BCUT2D eigenvalue weighted by Crippen LogP contribution is -2.41. The van der Waals surface area contributed by atoms with E-state index in [0.717, 1.165) is 0 Å². The minimum absolute atomic E-state index is 0.399. The van der Waals surface area contributed by atoms with E-state index in [9.17, 15) is 4.79 Å². The summed E-state index contributed by atoms with van der Waals surface area (Å²) in [6, 6.07) is 2.36. The fourth-order valence-electron chi connectivity index (χ4n) is 1.67. The van der Waals surface area contributed by atoms with E-state index in [0.29, 0.717) is 22.8 Å². The van der Waals surface area contributed by atoms with Crippen LogP contribution in [-0.4, -0.2) is 34.3 Å². The van der Waals surface area contributed by atoms with Crippen molar-refractivity contribution in [2.45, 2.75) is 6.04 Å². The molecule has 0 aliphatic carbocycles. The average molecular weight is 269 g/mol. The van der Waals surface area contributed by atoms with Crippen LogP contribution >= 0.6 is 0 Å². The van der Waals surface area contributed by atoms with Crippen LogP contribution in [0.4, 0.5) is 0 Å². The standard InChI is InChI=1S/C12H19N3O4/c1-14-15-12(16)11(13)10-8(18-3)5-7(17-2)6-9(10)19-4/h5-6,11,14H,13H2,1-4H3,(H,15,16). The van der Waals surface area contributed by atoms with Gasteiger partial charge in [0.2, 0.25) is 0 Å². The van der Waals surface area contributed by atoms with Crippen LogP contribution in [0.5, 0.6) is 17.2 Å². The number of carbonyl (C=O) groups is 1. The maximum absolute atomic E-state index is 11.8. The van der Waals surface area contributed by atoms with Crippen molar-refractivity contribution in [3.8, 4) is 17.2 Å². The van der Waals surface area contributed by atoms with Crippen LogP contribution in [0, 0.1) is 0 Å². The number of hydrogen-bond donors (Lipinski definition) is 3. The summed E-state index contributed by atoms with van der Waals surface area (Å²) in [6.45, 7) is 0. The highest BCUT2D eigenvalue weighted by Gasteiger charge is 2.24. The first kappa shape index (κ1) is 15.1. The van der Waals surface area contributed by atoms with Gasteiger partial charge in [0, 0.05) is 19.2 Å². The van der Waals surface area contributed by atoms with Gasteiger partial charge in [0.1, 0.15) is 23.3 Å². The maximum atomic E-state index is 11.8. The molecule has 0 aliphatic heterocycles. The van der Waals surface area contributed by atoms with Gasteiger partial charge in [-0.25, -0.2) is 5.43 Å². The third kappa shape index (κ3) is 3.27. The number of hydrazine groups is 1. The second-order valence-electron chi connectivity index (χ2n) is 3.66. The molecule has 1 unspecified atom stereocenters. The van der Waals surface area contributed by atoms with E-state index in [1.807, 2.05) is 0 Å². The molecule has 1 rings (SSSR count). The molecule has 0 saturated heterocycles. The lowest BCUT2D eigenvalue weighted by molar-refractivity contribution is -0.123. The molecule has 7 heteroatoms. The van der Waals surface area contributed by atoms with Crippen molar-refractivity contribution in [3.05, 3.63) is 17.7 Å². The molecule has 1 aromatic carbocycles. The molecule has 0 saturated carbocycles. The zero-order valence-electron chi connectivity index (χ0n) is 11.4. The molecule has 1 atom stereocenters. The predicted molar refractivity (Wildman–Crippen MR) is 70.2 cm³/mol. The molecule has 0 spiro atoms. The van der Waals surface area contributed by atoms with Gasteiger partial charge in [-0.15, -0.1) is 0 Å². The normalized spacial score (nSPS) is 11.6. The summed E-state index contributed by atoms with van der Waals surface area (Å²) >= 11 is 0. The predicted octanol–water partition coefficient (Wildman–Crippen LogP) is -0.0372. The van der Waals surface area contributed by atoms with E-state index in [1.54, 1.807) is 19.2 Å². The van der Waals surface area contributed by atoms with E-state index in [4.69, 9.17) is 19.9 Å². The van der Waals surface area contributed by atoms with Gasteiger partial charge >= 0.3 is 0 Å². The molecule has 0 radical (unpaired) electrons. The van der Waals surface area contributed by atoms with Crippen molar-refractivity contribution < 1.29 is 19.0 Å².